The summed E-state index contributed by atoms with van der Waals surface area (Å²) >= 11 is 12.0. The number of carbonyl (C=O) groups is 2. The molecule has 26 heavy (non-hydrogen) atoms. The molecule has 5 nitrogen and oxygen atoms in total. The molecule has 0 saturated carbocycles. The molecule has 2 aromatic rings. The minimum absolute atomic E-state index is 0.191. The molecule has 0 unspecified atom stereocenters. The summed E-state index contributed by atoms with van der Waals surface area (Å²) < 4.78 is 5.17. The van der Waals surface area contributed by atoms with Crippen LogP contribution in [-0.2, 0) is 4.79 Å². The molecular formula is C19H18Cl2N2O3. The Morgan fingerprint density at radius 3 is 2.73 bits per heavy atom. The lowest BCUT2D eigenvalue weighted by Crippen LogP contribution is -2.43. The number of hydrogen-bond acceptors (Lipinski definition) is 3. The quantitative estimate of drug-likeness (QED) is 0.845. The number of anilines is 1. The van der Waals surface area contributed by atoms with Crippen LogP contribution in [0.3, 0.4) is 0 Å². The summed E-state index contributed by atoms with van der Waals surface area (Å²) in [4.78, 5) is 27.1. The summed E-state index contributed by atoms with van der Waals surface area (Å²) in [6, 6.07) is 11.2. The number of likely N-dealkylation sites (tertiary alicyclic amines) is 1. The van der Waals surface area contributed by atoms with Gasteiger partial charge >= 0.3 is 0 Å². The fourth-order valence-corrected chi connectivity index (χ4v) is 3.47. The first kappa shape index (κ1) is 18.5. The van der Waals surface area contributed by atoms with Crippen LogP contribution in [-0.4, -0.2) is 36.4 Å². The van der Waals surface area contributed by atoms with Crippen LogP contribution in [0.15, 0.2) is 42.5 Å². The number of nitrogens with one attached hydrogen (secondary N) is 1. The highest BCUT2D eigenvalue weighted by Crippen LogP contribution is 2.27. The smallest absolute Gasteiger partial charge is 0.254 e. The highest BCUT2D eigenvalue weighted by molar-refractivity contribution is 6.36. The molecule has 0 bridgehead atoms. The van der Waals surface area contributed by atoms with E-state index < -0.39 is 6.04 Å². The molecule has 3 rings (SSSR count). The number of ether oxygens (including phenoxy) is 1. The second kappa shape index (κ2) is 7.98. The molecule has 0 aliphatic carbocycles. The Labute approximate surface area is 161 Å². The molecule has 1 aliphatic rings. The van der Waals surface area contributed by atoms with Crippen LogP contribution >= 0.6 is 23.2 Å². The third-order valence-corrected chi connectivity index (χ3v) is 4.87. The highest BCUT2D eigenvalue weighted by Gasteiger charge is 2.34. The molecule has 1 atom stereocenters. The Bertz CT molecular complexity index is 841. The summed E-state index contributed by atoms with van der Waals surface area (Å²) in [7, 11) is 1.55. The van der Waals surface area contributed by atoms with Crippen LogP contribution in [0.5, 0.6) is 5.75 Å². The van der Waals surface area contributed by atoms with Crippen molar-refractivity contribution in [3.8, 4) is 5.75 Å². The predicted octanol–water partition coefficient (Wildman–Crippen LogP) is 4.25. The third kappa shape index (κ3) is 3.94. The van der Waals surface area contributed by atoms with Crippen molar-refractivity contribution in [1.29, 1.82) is 0 Å². The van der Waals surface area contributed by atoms with Gasteiger partial charge in [-0.25, -0.2) is 0 Å². The summed E-state index contributed by atoms with van der Waals surface area (Å²) in [5.41, 5.74) is 0.968. The zero-order valence-corrected chi connectivity index (χ0v) is 15.7. The first-order chi connectivity index (χ1) is 12.5. The second-order valence-corrected chi connectivity index (χ2v) is 6.85. The van der Waals surface area contributed by atoms with E-state index in [0.29, 0.717) is 40.0 Å². The Morgan fingerprint density at radius 2 is 2.00 bits per heavy atom. The third-order valence-electron chi connectivity index (χ3n) is 4.32. The molecular weight excluding hydrogens is 375 g/mol. The van der Waals surface area contributed by atoms with Crippen LogP contribution in [0.4, 0.5) is 5.69 Å². The van der Waals surface area contributed by atoms with Gasteiger partial charge in [-0.3, -0.25) is 9.59 Å². The number of methoxy groups -OCH3 is 1. The van der Waals surface area contributed by atoms with E-state index in [9.17, 15) is 9.59 Å². The van der Waals surface area contributed by atoms with Crippen molar-refractivity contribution in [2.24, 2.45) is 0 Å². The van der Waals surface area contributed by atoms with E-state index in [0.717, 1.165) is 6.42 Å². The zero-order valence-electron chi connectivity index (χ0n) is 14.2. The van der Waals surface area contributed by atoms with E-state index in [4.69, 9.17) is 27.9 Å². The average Bonchev–Trinajstić information content (AvgIpc) is 3.13. The number of hydrogen-bond donors (Lipinski definition) is 1. The summed E-state index contributed by atoms with van der Waals surface area (Å²) in [5.74, 6) is 0.149. The van der Waals surface area contributed by atoms with Crippen LogP contribution in [0, 0.1) is 0 Å². The van der Waals surface area contributed by atoms with E-state index in [1.54, 1.807) is 54.5 Å². The van der Waals surface area contributed by atoms with Crippen LogP contribution in [0.1, 0.15) is 23.2 Å². The molecule has 1 N–H and O–H groups in total. The normalized spacial score (nSPS) is 16.4. The van der Waals surface area contributed by atoms with E-state index in [1.807, 2.05) is 0 Å². The van der Waals surface area contributed by atoms with Gasteiger partial charge in [-0.2, -0.15) is 0 Å². The fourth-order valence-electron chi connectivity index (χ4n) is 3.01. The molecule has 7 heteroatoms. The van der Waals surface area contributed by atoms with Crippen molar-refractivity contribution < 1.29 is 14.3 Å². The van der Waals surface area contributed by atoms with Crippen LogP contribution in [0.2, 0.25) is 10.0 Å². The van der Waals surface area contributed by atoms with Gasteiger partial charge in [0.2, 0.25) is 5.91 Å². The lowest BCUT2D eigenvalue weighted by atomic mass is 10.1. The van der Waals surface area contributed by atoms with E-state index in [2.05, 4.69) is 5.32 Å². The lowest BCUT2D eigenvalue weighted by molar-refractivity contribution is -0.119. The van der Waals surface area contributed by atoms with E-state index in [-0.39, 0.29) is 11.8 Å². The summed E-state index contributed by atoms with van der Waals surface area (Å²) in [6.07, 6.45) is 1.37. The van der Waals surface area contributed by atoms with Crippen molar-refractivity contribution in [1.82, 2.24) is 4.90 Å². The van der Waals surface area contributed by atoms with Crippen molar-refractivity contribution in [3.63, 3.8) is 0 Å². The van der Waals surface area contributed by atoms with Crippen molar-refractivity contribution in [2.75, 3.05) is 19.0 Å². The van der Waals surface area contributed by atoms with Gasteiger partial charge in [0.15, 0.2) is 0 Å². The van der Waals surface area contributed by atoms with Gasteiger partial charge in [-0.1, -0.05) is 29.3 Å². The Balaban J connectivity index is 1.76. The largest absolute Gasteiger partial charge is 0.497 e. The van der Waals surface area contributed by atoms with Gasteiger partial charge in [-0.05, 0) is 49.2 Å². The van der Waals surface area contributed by atoms with Gasteiger partial charge in [0.1, 0.15) is 11.8 Å². The SMILES string of the molecule is COc1cccc(C(=O)N2CCC[C@@H]2C(=O)Nc2ccc(Cl)cc2Cl)c1. The number of nitrogens with zero attached hydrogens (tertiary/aromatic N) is 1. The van der Waals surface area contributed by atoms with E-state index >= 15 is 0 Å². The molecule has 2 aromatic carbocycles. The monoisotopic (exact) mass is 392 g/mol. The Morgan fingerprint density at radius 1 is 1.19 bits per heavy atom. The Kier molecular flexibility index (Phi) is 5.69. The standard InChI is InChI=1S/C19H18Cl2N2O3/c1-26-14-5-2-4-12(10-14)19(25)23-9-3-6-17(23)18(24)22-16-8-7-13(20)11-15(16)21/h2,4-5,7-8,10-11,17H,3,6,9H2,1H3,(H,22,24)/t17-/m1/s1. The number of rotatable bonds is 4. The Hall–Kier alpha value is -2.24. The van der Waals surface area contributed by atoms with Crippen LogP contribution < -0.4 is 10.1 Å². The molecule has 2 amide bonds. The highest BCUT2D eigenvalue weighted by atomic mass is 35.5. The van der Waals surface area contributed by atoms with Gasteiger partial charge in [0.05, 0.1) is 17.8 Å². The predicted molar refractivity (Wildman–Crippen MR) is 102 cm³/mol. The molecule has 0 aromatic heterocycles. The fraction of sp³-hybridized carbons (Fsp3) is 0.263. The first-order valence-corrected chi connectivity index (χ1v) is 8.96. The first-order valence-electron chi connectivity index (χ1n) is 8.20. The minimum Gasteiger partial charge on any atom is -0.497 e. The van der Waals surface area contributed by atoms with Gasteiger partial charge in [0, 0.05) is 17.1 Å². The maximum atomic E-state index is 12.8. The molecule has 1 fully saturated rings. The van der Waals surface area contributed by atoms with Crippen molar-refractivity contribution in [3.05, 3.63) is 58.1 Å². The lowest BCUT2D eigenvalue weighted by Gasteiger charge is -2.24. The van der Waals surface area contributed by atoms with Gasteiger partial charge in [0.25, 0.3) is 5.91 Å². The molecule has 136 valence electrons. The van der Waals surface area contributed by atoms with Gasteiger partial charge in [-0.15, -0.1) is 0 Å². The van der Waals surface area contributed by atoms with Crippen molar-refractivity contribution >= 4 is 40.7 Å². The average molecular weight is 393 g/mol. The molecule has 0 radical (unpaired) electrons. The van der Waals surface area contributed by atoms with Gasteiger partial charge < -0.3 is 15.0 Å². The number of halogens is 2. The number of amides is 2. The number of benzene rings is 2. The molecule has 0 spiro atoms. The van der Waals surface area contributed by atoms with Crippen molar-refractivity contribution in [2.45, 2.75) is 18.9 Å². The summed E-state index contributed by atoms with van der Waals surface area (Å²) in [6.45, 7) is 0.530. The summed E-state index contributed by atoms with van der Waals surface area (Å²) in [5, 5.41) is 3.64. The minimum atomic E-state index is -0.541. The molecule has 1 saturated heterocycles. The number of carbonyl (C=O) groups excluding carboxylic acids is 2. The molecule has 1 aliphatic heterocycles. The second-order valence-electron chi connectivity index (χ2n) is 6.00. The maximum Gasteiger partial charge on any atom is 0.254 e. The van der Waals surface area contributed by atoms with Crippen LogP contribution in [0.25, 0.3) is 0 Å². The van der Waals surface area contributed by atoms with E-state index in [1.165, 1.54) is 0 Å². The topological polar surface area (TPSA) is 58.6 Å². The zero-order chi connectivity index (χ0) is 18.7. The maximum absolute atomic E-state index is 12.8. The molecule has 1 heterocycles.